The molecule has 1 N–H and O–H groups in total. The lowest BCUT2D eigenvalue weighted by Crippen LogP contribution is -2.23. The number of carbonyl (C=O) groups is 1. The molecule has 0 bridgehead atoms. The molecule has 0 spiro atoms. The Balaban J connectivity index is 2.04. The van der Waals surface area contributed by atoms with Gasteiger partial charge in [-0.3, -0.25) is 14.9 Å². The number of hydrogen-bond acceptors (Lipinski definition) is 3. The Morgan fingerprint density at radius 3 is 2.52 bits per heavy atom. The van der Waals surface area contributed by atoms with Gasteiger partial charge in [-0.1, -0.05) is 28.1 Å². The van der Waals surface area contributed by atoms with Crippen molar-refractivity contribution >= 4 is 27.5 Å². The van der Waals surface area contributed by atoms with Gasteiger partial charge in [0.1, 0.15) is 5.82 Å². The Morgan fingerprint density at radius 2 is 1.90 bits per heavy atom. The monoisotopic (exact) mass is 352 g/mol. The summed E-state index contributed by atoms with van der Waals surface area (Å²) >= 11 is 3.17. The van der Waals surface area contributed by atoms with Crippen LogP contribution >= 0.6 is 15.9 Å². The van der Waals surface area contributed by atoms with E-state index < -0.39 is 16.6 Å². The van der Waals surface area contributed by atoms with Gasteiger partial charge in [0.2, 0.25) is 0 Å². The molecule has 5 nitrogen and oxygen atoms in total. The minimum Gasteiger partial charge on any atom is -0.348 e. The predicted octanol–water partition coefficient (Wildman–Crippen LogP) is 3.43. The molecular formula is C14H10BrFN2O3. The fourth-order valence-corrected chi connectivity index (χ4v) is 2.05. The zero-order valence-electron chi connectivity index (χ0n) is 10.7. The second kappa shape index (κ2) is 6.45. The SMILES string of the molecule is O=C(NCc1ccc([N+](=O)[O-])cc1)c1cc(Br)ccc1F. The topological polar surface area (TPSA) is 72.2 Å². The summed E-state index contributed by atoms with van der Waals surface area (Å²) in [4.78, 5) is 21.9. The number of carbonyl (C=O) groups excluding carboxylic acids is 1. The largest absolute Gasteiger partial charge is 0.348 e. The molecule has 0 radical (unpaired) electrons. The smallest absolute Gasteiger partial charge is 0.269 e. The van der Waals surface area contributed by atoms with Crippen LogP contribution in [0.5, 0.6) is 0 Å². The van der Waals surface area contributed by atoms with E-state index in [9.17, 15) is 19.3 Å². The summed E-state index contributed by atoms with van der Waals surface area (Å²) in [6.07, 6.45) is 0. The second-order valence-corrected chi connectivity index (χ2v) is 5.15. The van der Waals surface area contributed by atoms with Crippen molar-refractivity contribution in [3.05, 3.63) is 74.0 Å². The molecule has 1 amide bonds. The summed E-state index contributed by atoms with van der Waals surface area (Å²) in [6.45, 7) is 0.156. The number of non-ortho nitro benzene ring substituents is 1. The molecule has 2 rings (SSSR count). The summed E-state index contributed by atoms with van der Waals surface area (Å²) in [5, 5.41) is 13.1. The first-order valence-electron chi connectivity index (χ1n) is 5.94. The third kappa shape index (κ3) is 3.85. The number of hydrogen-bond donors (Lipinski definition) is 1. The summed E-state index contributed by atoms with van der Waals surface area (Å²) < 4.78 is 14.1. The first kappa shape index (κ1) is 15.1. The maximum atomic E-state index is 13.5. The molecule has 0 unspecified atom stereocenters. The van der Waals surface area contributed by atoms with Crippen LogP contribution in [0, 0.1) is 15.9 Å². The molecule has 0 aliphatic heterocycles. The normalized spacial score (nSPS) is 10.2. The Morgan fingerprint density at radius 1 is 1.24 bits per heavy atom. The summed E-state index contributed by atoms with van der Waals surface area (Å²) in [6, 6.07) is 9.86. The number of amides is 1. The molecule has 0 saturated carbocycles. The van der Waals surface area contributed by atoms with Crippen molar-refractivity contribution in [3.8, 4) is 0 Å². The van der Waals surface area contributed by atoms with Crippen molar-refractivity contribution in [3.63, 3.8) is 0 Å². The van der Waals surface area contributed by atoms with Gasteiger partial charge in [0.15, 0.2) is 0 Å². The number of benzene rings is 2. The van der Waals surface area contributed by atoms with Crippen LogP contribution in [-0.4, -0.2) is 10.8 Å². The van der Waals surface area contributed by atoms with Crippen LogP contribution in [0.15, 0.2) is 46.9 Å². The minimum absolute atomic E-state index is 0.0249. The second-order valence-electron chi connectivity index (χ2n) is 4.23. The number of nitrogens with zero attached hydrogens (tertiary/aromatic N) is 1. The maximum absolute atomic E-state index is 13.5. The van der Waals surface area contributed by atoms with Crippen LogP contribution in [0.25, 0.3) is 0 Å². The van der Waals surface area contributed by atoms with Gasteiger partial charge < -0.3 is 5.32 Å². The van der Waals surface area contributed by atoms with Crippen molar-refractivity contribution < 1.29 is 14.1 Å². The fraction of sp³-hybridized carbons (Fsp3) is 0.0714. The summed E-state index contributed by atoms with van der Waals surface area (Å²) in [7, 11) is 0. The maximum Gasteiger partial charge on any atom is 0.269 e. The summed E-state index contributed by atoms with van der Waals surface area (Å²) in [5.41, 5.74) is 0.596. The average molecular weight is 353 g/mol. The van der Waals surface area contributed by atoms with E-state index in [1.54, 1.807) is 0 Å². The van der Waals surface area contributed by atoms with Crippen molar-refractivity contribution in [1.82, 2.24) is 5.32 Å². The highest BCUT2D eigenvalue weighted by Crippen LogP contribution is 2.16. The van der Waals surface area contributed by atoms with Crippen molar-refractivity contribution in [2.24, 2.45) is 0 Å². The third-order valence-corrected chi connectivity index (χ3v) is 3.27. The van der Waals surface area contributed by atoms with Gasteiger partial charge in [0.25, 0.3) is 11.6 Å². The minimum atomic E-state index is -0.612. The van der Waals surface area contributed by atoms with E-state index in [-0.39, 0.29) is 17.8 Å². The number of nitrogens with one attached hydrogen (secondary N) is 1. The van der Waals surface area contributed by atoms with Crippen LogP contribution < -0.4 is 5.32 Å². The molecule has 108 valence electrons. The molecule has 21 heavy (non-hydrogen) atoms. The molecule has 0 aromatic heterocycles. The standard InChI is InChI=1S/C14H10BrFN2O3/c15-10-3-6-13(16)12(7-10)14(19)17-8-9-1-4-11(5-2-9)18(20)21/h1-7H,8H2,(H,17,19). The molecule has 0 fully saturated rings. The van der Waals surface area contributed by atoms with Crippen molar-refractivity contribution in [2.75, 3.05) is 0 Å². The van der Waals surface area contributed by atoms with Gasteiger partial charge in [-0.15, -0.1) is 0 Å². The van der Waals surface area contributed by atoms with E-state index in [0.717, 1.165) is 0 Å². The van der Waals surface area contributed by atoms with Crippen LogP contribution in [0.3, 0.4) is 0 Å². The Kier molecular flexibility index (Phi) is 4.64. The molecule has 2 aromatic carbocycles. The average Bonchev–Trinajstić information content (AvgIpc) is 2.47. The quantitative estimate of drug-likeness (QED) is 0.676. The number of nitro benzene ring substituents is 1. The van der Waals surface area contributed by atoms with E-state index in [2.05, 4.69) is 21.2 Å². The molecule has 7 heteroatoms. The molecule has 0 aliphatic rings. The van der Waals surface area contributed by atoms with Gasteiger partial charge in [-0.25, -0.2) is 4.39 Å². The molecule has 0 atom stereocenters. The predicted molar refractivity (Wildman–Crippen MR) is 78.4 cm³/mol. The van der Waals surface area contributed by atoms with Gasteiger partial charge in [-0.05, 0) is 23.8 Å². The van der Waals surface area contributed by atoms with E-state index in [4.69, 9.17) is 0 Å². The highest BCUT2D eigenvalue weighted by Gasteiger charge is 2.12. The summed E-state index contributed by atoms with van der Waals surface area (Å²) in [5.74, 6) is -1.16. The zero-order chi connectivity index (χ0) is 15.4. The van der Waals surface area contributed by atoms with Gasteiger partial charge in [0, 0.05) is 23.2 Å². The van der Waals surface area contributed by atoms with Crippen molar-refractivity contribution in [2.45, 2.75) is 6.54 Å². The fourth-order valence-electron chi connectivity index (χ4n) is 1.68. The van der Waals surface area contributed by atoms with Gasteiger partial charge in [0.05, 0.1) is 10.5 Å². The Bertz CT molecular complexity index is 689. The van der Waals surface area contributed by atoms with Crippen molar-refractivity contribution in [1.29, 1.82) is 0 Å². The van der Waals surface area contributed by atoms with Crippen LogP contribution in [-0.2, 0) is 6.54 Å². The van der Waals surface area contributed by atoms with E-state index >= 15 is 0 Å². The van der Waals surface area contributed by atoms with Crippen LogP contribution in [0.4, 0.5) is 10.1 Å². The van der Waals surface area contributed by atoms with E-state index in [0.29, 0.717) is 10.0 Å². The highest BCUT2D eigenvalue weighted by molar-refractivity contribution is 9.10. The van der Waals surface area contributed by atoms with E-state index in [1.807, 2.05) is 0 Å². The molecule has 0 aliphatic carbocycles. The Hall–Kier alpha value is -2.28. The number of halogens is 2. The lowest BCUT2D eigenvalue weighted by Gasteiger charge is -2.06. The zero-order valence-corrected chi connectivity index (χ0v) is 12.3. The lowest BCUT2D eigenvalue weighted by molar-refractivity contribution is -0.384. The third-order valence-electron chi connectivity index (χ3n) is 2.77. The lowest BCUT2D eigenvalue weighted by atomic mass is 10.1. The van der Waals surface area contributed by atoms with Gasteiger partial charge >= 0.3 is 0 Å². The molecule has 2 aromatic rings. The van der Waals surface area contributed by atoms with Crippen LogP contribution in [0.2, 0.25) is 0 Å². The van der Waals surface area contributed by atoms with Crippen LogP contribution in [0.1, 0.15) is 15.9 Å². The number of rotatable bonds is 4. The molecule has 0 saturated heterocycles. The highest BCUT2D eigenvalue weighted by atomic mass is 79.9. The first-order valence-corrected chi connectivity index (χ1v) is 6.73. The molecular weight excluding hydrogens is 343 g/mol. The van der Waals surface area contributed by atoms with E-state index in [1.165, 1.54) is 42.5 Å². The first-order chi connectivity index (χ1) is 9.97. The number of nitro groups is 1. The Labute approximate surface area is 128 Å². The molecule has 0 heterocycles. The van der Waals surface area contributed by atoms with Gasteiger partial charge in [-0.2, -0.15) is 0 Å².